The van der Waals surface area contributed by atoms with E-state index >= 15 is 0 Å². The number of rotatable bonds is 5. The first-order chi connectivity index (χ1) is 8.75. The standard InChI is InChI=1S/C15H17NS2/c1-12-7-8-14(16)15(11-12)18-10-9-17-13-5-3-2-4-6-13/h2-8,11H,9-10,16H2,1H3. The summed E-state index contributed by atoms with van der Waals surface area (Å²) >= 11 is 3.72. The predicted molar refractivity (Wildman–Crippen MR) is 83.5 cm³/mol. The fraction of sp³-hybridized carbons (Fsp3) is 0.200. The number of nitrogen functional groups attached to an aromatic ring is 1. The molecule has 0 spiro atoms. The minimum Gasteiger partial charge on any atom is -0.398 e. The first kappa shape index (κ1) is 13.4. The van der Waals surface area contributed by atoms with Gasteiger partial charge >= 0.3 is 0 Å². The molecule has 0 atom stereocenters. The van der Waals surface area contributed by atoms with Gasteiger partial charge in [-0.3, -0.25) is 0 Å². The molecule has 0 aliphatic rings. The summed E-state index contributed by atoms with van der Waals surface area (Å²) in [6.45, 7) is 2.10. The Kier molecular flexibility index (Phi) is 5.02. The van der Waals surface area contributed by atoms with E-state index in [-0.39, 0.29) is 0 Å². The fourth-order valence-electron chi connectivity index (χ4n) is 1.59. The topological polar surface area (TPSA) is 26.0 Å². The largest absolute Gasteiger partial charge is 0.398 e. The number of hydrogen-bond acceptors (Lipinski definition) is 3. The third kappa shape index (κ3) is 4.00. The maximum absolute atomic E-state index is 5.96. The Morgan fingerprint density at radius 2 is 1.67 bits per heavy atom. The average Bonchev–Trinajstić information content (AvgIpc) is 2.40. The molecule has 1 nitrogen and oxygen atoms in total. The number of benzene rings is 2. The molecule has 2 rings (SSSR count). The molecule has 94 valence electrons. The van der Waals surface area contributed by atoms with Crippen LogP contribution in [0.15, 0.2) is 58.3 Å². The molecule has 0 amide bonds. The summed E-state index contributed by atoms with van der Waals surface area (Å²) in [5, 5.41) is 0. The molecule has 0 aliphatic carbocycles. The monoisotopic (exact) mass is 275 g/mol. The molecule has 0 heterocycles. The quantitative estimate of drug-likeness (QED) is 0.495. The summed E-state index contributed by atoms with van der Waals surface area (Å²) in [4.78, 5) is 2.53. The summed E-state index contributed by atoms with van der Waals surface area (Å²) in [6, 6.07) is 16.7. The van der Waals surface area contributed by atoms with Gasteiger partial charge in [-0.2, -0.15) is 0 Å². The molecule has 0 aromatic heterocycles. The van der Waals surface area contributed by atoms with Gasteiger partial charge in [0, 0.05) is 27.0 Å². The number of anilines is 1. The summed E-state index contributed by atoms with van der Waals surface area (Å²) < 4.78 is 0. The van der Waals surface area contributed by atoms with Crippen LogP contribution in [0.25, 0.3) is 0 Å². The maximum Gasteiger partial charge on any atom is 0.0452 e. The van der Waals surface area contributed by atoms with Crippen molar-refractivity contribution in [3.8, 4) is 0 Å². The molecule has 0 saturated heterocycles. The Bertz CT molecular complexity index is 497. The van der Waals surface area contributed by atoms with Crippen LogP contribution in [-0.4, -0.2) is 11.5 Å². The van der Waals surface area contributed by atoms with Gasteiger partial charge in [-0.25, -0.2) is 0 Å². The van der Waals surface area contributed by atoms with Crippen molar-refractivity contribution in [3.63, 3.8) is 0 Å². The average molecular weight is 275 g/mol. The van der Waals surface area contributed by atoms with E-state index in [2.05, 4.69) is 43.3 Å². The molecular formula is C15H17NS2. The lowest BCUT2D eigenvalue weighted by molar-refractivity contribution is 1.36. The highest BCUT2D eigenvalue weighted by molar-refractivity contribution is 8.03. The number of hydrogen-bond donors (Lipinski definition) is 1. The highest BCUT2D eigenvalue weighted by atomic mass is 32.2. The zero-order chi connectivity index (χ0) is 12.8. The zero-order valence-corrected chi connectivity index (χ0v) is 12.1. The fourth-order valence-corrected chi connectivity index (χ4v) is 3.57. The summed E-state index contributed by atoms with van der Waals surface area (Å²) in [5.41, 5.74) is 8.11. The van der Waals surface area contributed by atoms with Crippen LogP contribution in [0.2, 0.25) is 0 Å². The molecule has 0 aliphatic heterocycles. The predicted octanol–water partition coefficient (Wildman–Crippen LogP) is 4.46. The molecule has 2 aromatic carbocycles. The van der Waals surface area contributed by atoms with Crippen molar-refractivity contribution in [1.29, 1.82) is 0 Å². The Morgan fingerprint density at radius 3 is 2.44 bits per heavy atom. The van der Waals surface area contributed by atoms with Crippen LogP contribution in [0.3, 0.4) is 0 Å². The van der Waals surface area contributed by atoms with E-state index in [9.17, 15) is 0 Å². The molecule has 2 aromatic rings. The van der Waals surface area contributed by atoms with Crippen molar-refractivity contribution in [2.75, 3.05) is 17.2 Å². The molecule has 0 bridgehead atoms. The van der Waals surface area contributed by atoms with Crippen molar-refractivity contribution in [1.82, 2.24) is 0 Å². The molecule has 2 N–H and O–H groups in total. The van der Waals surface area contributed by atoms with Gasteiger partial charge in [0.05, 0.1) is 0 Å². The second kappa shape index (κ2) is 6.76. The van der Waals surface area contributed by atoms with Gasteiger partial charge in [0.1, 0.15) is 0 Å². The molecule has 0 radical (unpaired) electrons. The Labute approximate surface area is 117 Å². The van der Waals surface area contributed by atoms with Gasteiger partial charge in [0.25, 0.3) is 0 Å². The van der Waals surface area contributed by atoms with Crippen LogP contribution in [0.5, 0.6) is 0 Å². The summed E-state index contributed by atoms with van der Waals surface area (Å²) in [6.07, 6.45) is 0. The Balaban J connectivity index is 1.80. The number of thioether (sulfide) groups is 2. The van der Waals surface area contributed by atoms with E-state index in [0.717, 1.165) is 17.2 Å². The highest BCUT2D eigenvalue weighted by Crippen LogP contribution is 2.27. The van der Waals surface area contributed by atoms with Gasteiger partial charge in [-0.1, -0.05) is 24.3 Å². The van der Waals surface area contributed by atoms with Crippen LogP contribution in [-0.2, 0) is 0 Å². The maximum atomic E-state index is 5.96. The van der Waals surface area contributed by atoms with Crippen molar-refractivity contribution in [3.05, 3.63) is 54.1 Å². The number of nitrogens with two attached hydrogens (primary N) is 1. The molecule has 0 fully saturated rings. The van der Waals surface area contributed by atoms with Gasteiger partial charge in [-0.15, -0.1) is 23.5 Å². The van der Waals surface area contributed by atoms with Crippen LogP contribution in [0.4, 0.5) is 5.69 Å². The Morgan fingerprint density at radius 1 is 0.944 bits per heavy atom. The van der Waals surface area contributed by atoms with Crippen LogP contribution in [0, 0.1) is 6.92 Å². The molecule has 3 heteroatoms. The van der Waals surface area contributed by atoms with Crippen molar-refractivity contribution >= 4 is 29.2 Å². The van der Waals surface area contributed by atoms with Gasteiger partial charge in [0.15, 0.2) is 0 Å². The SMILES string of the molecule is Cc1ccc(N)c(SCCSc2ccccc2)c1. The van der Waals surface area contributed by atoms with E-state index in [0.29, 0.717) is 0 Å². The zero-order valence-electron chi connectivity index (χ0n) is 10.4. The lowest BCUT2D eigenvalue weighted by Gasteiger charge is -2.06. The summed E-state index contributed by atoms with van der Waals surface area (Å²) in [5.74, 6) is 2.18. The molecule has 0 unspecified atom stereocenters. The molecular weight excluding hydrogens is 258 g/mol. The van der Waals surface area contributed by atoms with E-state index in [1.54, 1.807) is 0 Å². The first-order valence-corrected chi connectivity index (χ1v) is 7.89. The van der Waals surface area contributed by atoms with Crippen molar-refractivity contribution in [2.45, 2.75) is 16.7 Å². The van der Waals surface area contributed by atoms with Crippen molar-refractivity contribution in [2.24, 2.45) is 0 Å². The minimum absolute atomic E-state index is 0.885. The normalized spacial score (nSPS) is 10.5. The third-order valence-electron chi connectivity index (χ3n) is 2.52. The lowest BCUT2D eigenvalue weighted by atomic mass is 10.2. The van der Waals surface area contributed by atoms with E-state index < -0.39 is 0 Å². The first-order valence-electron chi connectivity index (χ1n) is 5.92. The lowest BCUT2D eigenvalue weighted by Crippen LogP contribution is -1.91. The molecule has 18 heavy (non-hydrogen) atoms. The van der Waals surface area contributed by atoms with Gasteiger partial charge < -0.3 is 5.73 Å². The van der Waals surface area contributed by atoms with Gasteiger partial charge in [-0.05, 0) is 36.8 Å². The molecule has 0 saturated carbocycles. The van der Waals surface area contributed by atoms with Crippen molar-refractivity contribution < 1.29 is 0 Å². The van der Waals surface area contributed by atoms with E-state index in [4.69, 9.17) is 5.73 Å². The Hall–Kier alpha value is -1.06. The highest BCUT2D eigenvalue weighted by Gasteiger charge is 2.00. The third-order valence-corrected chi connectivity index (χ3v) is 4.87. The smallest absolute Gasteiger partial charge is 0.0452 e. The van der Waals surface area contributed by atoms with Gasteiger partial charge in [0.2, 0.25) is 0 Å². The second-order valence-corrected chi connectivity index (χ2v) is 6.36. The number of aryl methyl sites for hydroxylation is 1. The second-order valence-electron chi connectivity index (χ2n) is 4.05. The van der Waals surface area contributed by atoms with E-state index in [1.807, 2.05) is 35.7 Å². The van der Waals surface area contributed by atoms with Crippen LogP contribution >= 0.6 is 23.5 Å². The minimum atomic E-state index is 0.885. The van der Waals surface area contributed by atoms with E-state index in [1.165, 1.54) is 15.4 Å². The van der Waals surface area contributed by atoms with Crippen LogP contribution in [0.1, 0.15) is 5.56 Å². The van der Waals surface area contributed by atoms with Crippen LogP contribution < -0.4 is 5.73 Å². The summed E-state index contributed by atoms with van der Waals surface area (Å²) in [7, 11) is 0.